The molecule has 2 atom stereocenters. The second kappa shape index (κ2) is 6.34. The molecular weight excluding hydrogens is 364 g/mol. The molecule has 0 saturated heterocycles. The summed E-state index contributed by atoms with van der Waals surface area (Å²) in [5.74, 6) is -1.33. The van der Waals surface area contributed by atoms with Gasteiger partial charge in [-0.3, -0.25) is 4.79 Å². The van der Waals surface area contributed by atoms with Gasteiger partial charge in [-0.1, -0.05) is 17.7 Å². The molecule has 1 saturated carbocycles. The van der Waals surface area contributed by atoms with Crippen LogP contribution in [0.2, 0.25) is 5.02 Å². The summed E-state index contributed by atoms with van der Waals surface area (Å²) in [6.45, 7) is -0.335. The van der Waals surface area contributed by atoms with Crippen LogP contribution in [0, 0.1) is 11.7 Å². The zero-order valence-corrected chi connectivity index (χ0v) is 14.2. The molecule has 1 aromatic carbocycles. The number of alkyl halides is 1. The third kappa shape index (κ3) is 2.93. The number of imidazole rings is 1. The van der Waals surface area contributed by atoms with E-state index in [1.54, 1.807) is 35.0 Å². The van der Waals surface area contributed by atoms with Crippen LogP contribution in [-0.4, -0.2) is 26.6 Å². The van der Waals surface area contributed by atoms with Crippen LogP contribution in [0.4, 0.5) is 14.6 Å². The minimum atomic E-state index is -1.08. The average Bonchev–Trinajstić information content (AvgIpc) is 3.22. The Labute approximate surface area is 152 Å². The normalized spacial score (nSPS) is 18.9. The zero-order chi connectivity index (χ0) is 18.4. The lowest BCUT2D eigenvalue weighted by Crippen LogP contribution is -2.15. The maximum absolute atomic E-state index is 14.5. The second-order valence-corrected chi connectivity index (χ2v) is 6.62. The van der Waals surface area contributed by atoms with E-state index in [1.165, 1.54) is 6.07 Å². The number of pyridine rings is 1. The highest BCUT2D eigenvalue weighted by molar-refractivity contribution is 6.31. The fourth-order valence-corrected chi connectivity index (χ4v) is 3.05. The molecule has 1 aliphatic rings. The van der Waals surface area contributed by atoms with Crippen molar-refractivity contribution in [3.8, 4) is 11.1 Å². The summed E-state index contributed by atoms with van der Waals surface area (Å²) < 4.78 is 29.1. The van der Waals surface area contributed by atoms with E-state index in [0.717, 1.165) is 0 Å². The van der Waals surface area contributed by atoms with Crippen molar-refractivity contribution in [2.24, 2.45) is 5.92 Å². The highest BCUT2D eigenvalue weighted by Gasteiger charge is 2.43. The largest absolute Gasteiger partial charge is 0.392 e. The third-order valence-electron chi connectivity index (χ3n) is 4.39. The van der Waals surface area contributed by atoms with Crippen LogP contribution in [0.5, 0.6) is 0 Å². The second-order valence-electron chi connectivity index (χ2n) is 6.21. The van der Waals surface area contributed by atoms with Gasteiger partial charge in [-0.2, -0.15) is 0 Å². The quantitative estimate of drug-likeness (QED) is 0.730. The van der Waals surface area contributed by atoms with Crippen LogP contribution in [0.25, 0.3) is 16.8 Å². The molecule has 1 fully saturated rings. The minimum Gasteiger partial charge on any atom is -0.392 e. The smallest absolute Gasteiger partial charge is 0.231 e. The Bertz CT molecular complexity index is 1020. The number of aromatic nitrogens is 2. The first-order valence-corrected chi connectivity index (χ1v) is 8.37. The van der Waals surface area contributed by atoms with E-state index in [0.29, 0.717) is 22.6 Å². The van der Waals surface area contributed by atoms with Gasteiger partial charge >= 0.3 is 0 Å². The molecule has 1 amide bonds. The lowest BCUT2D eigenvalue weighted by molar-refractivity contribution is -0.117. The first-order valence-electron chi connectivity index (χ1n) is 7.99. The van der Waals surface area contributed by atoms with E-state index in [9.17, 15) is 18.7 Å². The summed E-state index contributed by atoms with van der Waals surface area (Å²) in [6.07, 6.45) is 2.34. The summed E-state index contributed by atoms with van der Waals surface area (Å²) in [7, 11) is 0. The van der Waals surface area contributed by atoms with Gasteiger partial charge in [0, 0.05) is 17.3 Å². The van der Waals surface area contributed by atoms with E-state index in [-0.39, 0.29) is 23.6 Å². The number of aliphatic hydroxyl groups excluding tert-OH is 1. The van der Waals surface area contributed by atoms with E-state index >= 15 is 0 Å². The Kier molecular flexibility index (Phi) is 4.13. The molecule has 0 aliphatic heterocycles. The number of fused-ring (bicyclic) bond motifs is 1. The molecule has 2 N–H and O–H groups in total. The number of halogens is 3. The molecule has 4 rings (SSSR count). The van der Waals surface area contributed by atoms with Crippen molar-refractivity contribution in [3.05, 3.63) is 53.1 Å². The molecule has 0 radical (unpaired) electrons. The molecule has 2 heterocycles. The first kappa shape index (κ1) is 16.9. The van der Waals surface area contributed by atoms with Gasteiger partial charge in [-0.15, -0.1) is 0 Å². The van der Waals surface area contributed by atoms with E-state index in [4.69, 9.17) is 11.6 Å². The van der Waals surface area contributed by atoms with Crippen LogP contribution < -0.4 is 5.32 Å². The molecule has 3 aromatic rings. The summed E-state index contributed by atoms with van der Waals surface area (Å²) in [5.41, 5.74) is 1.65. The van der Waals surface area contributed by atoms with Crippen molar-refractivity contribution in [3.63, 3.8) is 0 Å². The maximum atomic E-state index is 14.5. The predicted molar refractivity (Wildman–Crippen MR) is 93.2 cm³/mol. The van der Waals surface area contributed by atoms with Crippen molar-refractivity contribution < 1.29 is 18.7 Å². The Morgan fingerprint density at radius 1 is 1.35 bits per heavy atom. The van der Waals surface area contributed by atoms with Gasteiger partial charge in [0.05, 0.1) is 23.7 Å². The van der Waals surface area contributed by atoms with Crippen molar-refractivity contribution in [1.29, 1.82) is 0 Å². The fraction of sp³-hybridized carbons (Fsp3) is 0.222. The highest BCUT2D eigenvalue weighted by Crippen LogP contribution is 2.35. The van der Waals surface area contributed by atoms with Gasteiger partial charge in [0.2, 0.25) is 5.91 Å². The number of rotatable bonds is 4. The Balaban J connectivity index is 1.70. The topological polar surface area (TPSA) is 66.6 Å². The molecule has 1 aliphatic carbocycles. The van der Waals surface area contributed by atoms with Crippen molar-refractivity contribution in [1.82, 2.24) is 9.38 Å². The summed E-state index contributed by atoms with van der Waals surface area (Å²) in [5, 5.41) is 12.0. The SMILES string of the molecule is O=C(Nc1cn2cc(-c3c(CO)ccc(Cl)c3F)ccc2n1)C1CC1F. The van der Waals surface area contributed by atoms with E-state index < -0.39 is 23.8 Å². The van der Waals surface area contributed by atoms with Crippen LogP contribution in [0.3, 0.4) is 0 Å². The van der Waals surface area contributed by atoms with Crippen LogP contribution in [-0.2, 0) is 11.4 Å². The average molecular weight is 378 g/mol. The number of hydrogen-bond acceptors (Lipinski definition) is 3. The minimum absolute atomic E-state index is 0.0407. The third-order valence-corrected chi connectivity index (χ3v) is 4.68. The first-order chi connectivity index (χ1) is 12.5. The molecule has 2 aromatic heterocycles. The highest BCUT2D eigenvalue weighted by atomic mass is 35.5. The molecule has 134 valence electrons. The van der Waals surface area contributed by atoms with Crippen LogP contribution in [0.15, 0.2) is 36.7 Å². The Morgan fingerprint density at radius 2 is 2.12 bits per heavy atom. The van der Waals surface area contributed by atoms with Crippen molar-refractivity contribution in [2.45, 2.75) is 19.2 Å². The van der Waals surface area contributed by atoms with Crippen molar-refractivity contribution >= 4 is 29.0 Å². The van der Waals surface area contributed by atoms with Gasteiger partial charge < -0.3 is 14.8 Å². The number of amides is 1. The molecular formula is C18H14ClF2N3O2. The number of nitrogens with one attached hydrogen (secondary N) is 1. The molecule has 0 spiro atoms. The van der Waals surface area contributed by atoms with Gasteiger partial charge in [-0.25, -0.2) is 13.8 Å². The monoisotopic (exact) mass is 377 g/mol. The lowest BCUT2D eigenvalue weighted by Gasteiger charge is -2.10. The number of benzene rings is 1. The Morgan fingerprint density at radius 3 is 2.81 bits per heavy atom. The standard InChI is InChI=1S/C18H14ClF2N3O2/c19-12-3-1-10(8-25)16(17(12)21)9-2-4-15-22-14(7-24(15)6-9)23-18(26)11-5-13(11)20/h1-4,6-7,11,13,25H,5,8H2,(H,23,26). The number of nitrogens with zero attached hydrogens (tertiary/aromatic N) is 2. The number of aliphatic hydroxyl groups is 1. The molecule has 26 heavy (non-hydrogen) atoms. The van der Waals surface area contributed by atoms with Crippen molar-refractivity contribution in [2.75, 3.05) is 5.32 Å². The number of carbonyl (C=O) groups is 1. The van der Waals surface area contributed by atoms with E-state index in [2.05, 4.69) is 10.3 Å². The van der Waals surface area contributed by atoms with Gasteiger partial charge in [0.15, 0.2) is 5.82 Å². The molecule has 2 unspecified atom stereocenters. The lowest BCUT2D eigenvalue weighted by atomic mass is 10.0. The van der Waals surface area contributed by atoms with Crippen LogP contribution in [0.1, 0.15) is 12.0 Å². The molecule has 0 bridgehead atoms. The number of hydrogen-bond donors (Lipinski definition) is 2. The van der Waals surface area contributed by atoms with Gasteiger partial charge in [0.1, 0.15) is 17.6 Å². The number of carbonyl (C=O) groups excluding carboxylic acids is 1. The number of anilines is 1. The predicted octanol–water partition coefficient (Wildman–Crippen LogP) is 3.58. The van der Waals surface area contributed by atoms with Gasteiger partial charge in [-0.05, 0) is 30.2 Å². The maximum Gasteiger partial charge on any atom is 0.231 e. The summed E-state index contributed by atoms with van der Waals surface area (Å²) in [4.78, 5) is 16.1. The molecule has 8 heteroatoms. The summed E-state index contributed by atoms with van der Waals surface area (Å²) in [6, 6.07) is 6.26. The molecule has 5 nitrogen and oxygen atoms in total. The zero-order valence-electron chi connectivity index (χ0n) is 13.4. The summed E-state index contributed by atoms with van der Waals surface area (Å²) >= 11 is 5.87. The van der Waals surface area contributed by atoms with E-state index in [1.807, 2.05) is 0 Å². The van der Waals surface area contributed by atoms with Gasteiger partial charge in [0.25, 0.3) is 0 Å². The Hall–Kier alpha value is -2.51. The van der Waals surface area contributed by atoms with Crippen LogP contribution >= 0.6 is 11.6 Å². The fourth-order valence-electron chi connectivity index (χ4n) is 2.89.